The molecule has 2 aromatic rings. The number of nitrogens with one attached hydrogen (secondary N) is 2. The van der Waals surface area contributed by atoms with Crippen molar-refractivity contribution in [3.8, 4) is 0 Å². The van der Waals surface area contributed by atoms with Gasteiger partial charge in [0.05, 0.1) is 12.2 Å². The van der Waals surface area contributed by atoms with Crippen LogP contribution in [0.15, 0.2) is 17.2 Å². The summed E-state index contributed by atoms with van der Waals surface area (Å²) in [5, 5.41) is 0. The first-order valence-corrected chi connectivity index (χ1v) is 6.33. The maximum Gasteiger partial charge on any atom is 0.449 e. The van der Waals surface area contributed by atoms with Crippen LogP contribution in [0.2, 0.25) is 0 Å². The predicted molar refractivity (Wildman–Crippen MR) is 66.3 cm³/mol. The van der Waals surface area contributed by atoms with Crippen molar-refractivity contribution < 1.29 is 13.2 Å². The molecular weight excluding hydrogens is 287 g/mol. The van der Waals surface area contributed by atoms with E-state index in [1.807, 2.05) is 9.88 Å². The van der Waals surface area contributed by atoms with Gasteiger partial charge in [-0.15, -0.1) is 0 Å². The fraction of sp³-hybridized carbons (Fsp3) is 0.417. The average Bonchev–Trinajstić information content (AvgIpc) is 2.90. The standard InChI is InChI=1S/C12H12F3N5O/c13-12(14,15)11-18-8-5-20(6-9-16-2-3-17-9)4-1-7(8)10(21)19-11/h2-3H,1,4-6H2,(H,16,17)(H,18,19,21). The second-order valence-corrected chi connectivity index (χ2v) is 4.83. The Kier molecular flexibility index (Phi) is 3.28. The first-order chi connectivity index (χ1) is 9.93. The molecule has 0 radical (unpaired) electrons. The van der Waals surface area contributed by atoms with E-state index in [0.29, 0.717) is 25.1 Å². The molecule has 0 aromatic carbocycles. The highest BCUT2D eigenvalue weighted by atomic mass is 19.4. The van der Waals surface area contributed by atoms with Crippen LogP contribution in [0.1, 0.15) is 22.9 Å². The number of fused-ring (bicyclic) bond motifs is 1. The zero-order valence-electron chi connectivity index (χ0n) is 10.9. The van der Waals surface area contributed by atoms with E-state index in [9.17, 15) is 18.0 Å². The highest BCUT2D eigenvalue weighted by Crippen LogP contribution is 2.26. The number of aromatic amines is 2. The highest BCUT2D eigenvalue weighted by Gasteiger charge is 2.35. The van der Waals surface area contributed by atoms with Crippen molar-refractivity contribution >= 4 is 0 Å². The molecule has 0 aliphatic carbocycles. The van der Waals surface area contributed by atoms with Gasteiger partial charge in [-0.2, -0.15) is 13.2 Å². The van der Waals surface area contributed by atoms with E-state index >= 15 is 0 Å². The zero-order chi connectivity index (χ0) is 15.0. The minimum atomic E-state index is -4.66. The van der Waals surface area contributed by atoms with E-state index < -0.39 is 17.6 Å². The van der Waals surface area contributed by atoms with Gasteiger partial charge in [-0.3, -0.25) is 9.69 Å². The van der Waals surface area contributed by atoms with Gasteiger partial charge < -0.3 is 9.97 Å². The molecule has 0 unspecified atom stereocenters. The van der Waals surface area contributed by atoms with Crippen LogP contribution in [0.4, 0.5) is 13.2 Å². The molecule has 0 saturated carbocycles. The minimum absolute atomic E-state index is 0.184. The molecule has 9 heteroatoms. The lowest BCUT2D eigenvalue weighted by Crippen LogP contribution is -2.36. The van der Waals surface area contributed by atoms with Gasteiger partial charge in [0.25, 0.3) is 5.56 Å². The van der Waals surface area contributed by atoms with Crippen LogP contribution in [-0.4, -0.2) is 31.4 Å². The quantitative estimate of drug-likeness (QED) is 0.869. The topological polar surface area (TPSA) is 77.7 Å². The Hall–Kier alpha value is -2.16. The fourth-order valence-corrected chi connectivity index (χ4v) is 2.36. The monoisotopic (exact) mass is 299 g/mol. The molecule has 1 aliphatic rings. The van der Waals surface area contributed by atoms with Crippen LogP contribution in [0.5, 0.6) is 0 Å². The van der Waals surface area contributed by atoms with E-state index in [2.05, 4.69) is 15.0 Å². The van der Waals surface area contributed by atoms with Crippen molar-refractivity contribution in [2.24, 2.45) is 0 Å². The molecule has 21 heavy (non-hydrogen) atoms. The molecule has 0 saturated heterocycles. The number of H-pyrrole nitrogens is 2. The molecular formula is C12H12F3N5O. The van der Waals surface area contributed by atoms with Gasteiger partial charge in [0.15, 0.2) is 0 Å². The summed E-state index contributed by atoms with van der Waals surface area (Å²) >= 11 is 0. The summed E-state index contributed by atoms with van der Waals surface area (Å²) < 4.78 is 38.0. The number of hydrogen-bond acceptors (Lipinski definition) is 4. The van der Waals surface area contributed by atoms with Crippen molar-refractivity contribution in [3.63, 3.8) is 0 Å². The molecule has 3 heterocycles. The van der Waals surface area contributed by atoms with Crippen molar-refractivity contribution in [1.29, 1.82) is 0 Å². The lowest BCUT2D eigenvalue weighted by Gasteiger charge is -2.27. The third-order valence-corrected chi connectivity index (χ3v) is 3.35. The first kappa shape index (κ1) is 13.8. The summed E-state index contributed by atoms with van der Waals surface area (Å²) in [5.41, 5.74) is -0.187. The summed E-state index contributed by atoms with van der Waals surface area (Å²) in [7, 11) is 0. The Morgan fingerprint density at radius 3 is 2.86 bits per heavy atom. The molecule has 0 spiro atoms. The van der Waals surface area contributed by atoms with Crippen molar-refractivity contribution in [1.82, 2.24) is 24.8 Å². The normalized spacial score (nSPS) is 16.0. The van der Waals surface area contributed by atoms with Crippen LogP contribution < -0.4 is 5.56 Å². The fourth-order valence-electron chi connectivity index (χ4n) is 2.36. The molecule has 6 nitrogen and oxygen atoms in total. The van der Waals surface area contributed by atoms with Gasteiger partial charge in [0.2, 0.25) is 5.82 Å². The number of aromatic nitrogens is 4. The van der Waals surface area contributed by atoms with E-state index in [0.717, 1.165) is 5.82 Å². The van der Waals surface area contributed by atoms with Gasteiger partial charge in [-0.1, -0.05) is 0 Å². The summed E-state index contributed by atoms with van der Waals surface area (Å²) in [4.78, 5) is 26.0. The van der Waals surface area contributed by atoms with E-state index in [-0.39, 0.29) is 12.2 Å². The van der Waals surface area contributed by atoms with Gasteiger partial charge in [0, 0.05) is 31.0 Å². The molecule has 0 atom stereocenters. The van der Waals surface area contributed by atoms with Crippen LogP contribution in [0.25, 0.3) is 0 Å². The second kappa shape index (κ2) is 4.99. The van der Waals surface area contributed by atoms with Crippen molar-refractivity contribution in [3.05, 3.63) is 45.7 Å². The predicted octanol–water partition coefficient (Wildman–Crippen LogP) is 1.07. The molecule has 0 bridgehead atoms. The molecule has 112 valence electrons. The SMILES string of the molecule is O=c1[nH]c(C(F)(F)F)nc2c1CCN(Cc1ncc[nH]1)C2. The van der Waals surface area contributed by atoms with Crippen LogP contribution >= 0.6 is 0 Å². The lowest BCUT2D eigenvalue weighted by molar-refractivity contribution is -0.145. The van der Waals surface area contributed by atoms with E-state index in [4.69, 9.17) is 0 Å². The Labute approximate surface area is 117 Å². The number of alkyl halides is 3. The van der Waals surface area contributed by atoms with Crippen LogP contribution in [0.3, 0.4) is 0 Å². The molecule has 2 aromatic heterocycles. The maximum absolute atomic E-state index is 12.7. The Bertz CT molecular complexity index is 692. The minimum Gasteiger partial charge on any atom is -0.348 e. The molecule has 1 aliphatic heterocycles. The third kappa shape index (κ3) is 2.82. The van der Waals surface area contributed by atoms with Gasteiger partial charge in [0.1, 0.15) is 5.82 Å². The largest absolute Gasteiger partial charge is 0.449 e. The smallest absolute Gasteiger partial charge is 0.348 e. The Morgan fingerprint density at radius 1 is 1.38 bits per heavy atom. The van der Waals surface area contributed by atoms with Gasteiger partial charge >= 0.3 is 6.18 Å². The van der Waals surface area contributed by atoms with Crippen molar-refractivity contribution in [2.45, 2.75) is 25.7 Å². The average molecular weight is 299 g/mol. The maximum atomic E-state index is 12.7. The van der Waals surface area contributed by atoms with Gasteiger partial charge in [-0.25, -0.2) is 9.97 Å². The molecule has 3 rings (SSSR count). The van der Waals surface area contributed by atoms with Crippen LogP contribution in [0, 0.1) is 0 Å². The van der Waals surface area contributed by atoms with Gasteiger partial charge in [-0.05, 0) is 6.42 Å². The van der Waals surface area contributed by atoms with Crippen LogP contribution in [-0.2, 0) is 25.7 Å². The van der Waals surface area contributed by atoms with E-state index in [1.54, 1.807) is 12.4 Å². The molecule has 0 amide bonds. The van der Waals surface area contributed by atoms with Crippen molar-refractivity contribution in [2.75, 3.05) is 6.54 Å². The molecule has 0 fully saturated rings. The number of halogens is 3. The third-order valence-electron chi connectivity index (χ3n) is 3.35. The number of nitrogens with zero attached hydrogens (tertiary/aromatic N) is 3. The summed E-state index contributed by atoms with van der Waals surface area (Å²) in [6, 6.07) is 0. The zero-order valence-corrected chi connectivity index (χ0v) is 10.9. The summed E-state index contributed by atoms with van der Waals surface area (Å²) in [5.74, 6) is -0.523. The number of imidazole rings is 1. The highest BCUT2D eigenvalue weighted by molar-refractivity contribution is 5.21. The number of hydrogen-bond donors (Lipinski definition) is 2. The summed E-state index contributed by atoms with van der Waals surface area (Å²) in [6.45, 7) is 1.25. The summed E-state index contributed by atoms with van der Waals surface area (Å²) in [6.07, 6.45) is -0.996. The molecule has 2 N–H and O–H groups in total. The second-order valence-electron chi connectivity index (χ2n) is 4.83. The lowest BCUT2D eigenvalue weighted by atomic mass is 10.1. The Morgan fingerprint density at radius 2 is 2.19 bits per heavy atom. The van der Waals surface area contributed by atoms with E-state index in [1.165, 1.54) is 0 Å². The Balaban J connectivity index is 1.87. The first-order valence-electron chi connectivity index (χ1n) is 6.33. The number of rotatable bonds is 2.